The Morgan fingerprint density at radius 3 is 1.55 bits per heavy atom. The first-order chi connectivity index (χ1) is 13.8. The van der Waals surface area contributed by atoms with Crippen LogP contribution in [-0.2, 0) is 27.9 Å². The van der Waals surface area contributed by atoms with Crippen LogP contribution in [0.2, 0.25) is 36.3 Å². The van der Waals surface area contributed by atoms with E-state index in [4.69, 9.17) is 18.3 Å². The van der Waals surface area contributed by atoms with Crippen LogP contribution in [0.25, 0.3) is 0 Å². The maximum Gasteiger partial charge on any atom is 0.330 e. The largest absolute Gasteiger partial charge is 0.466 e. The van der Waals surface area contributed by atoms with Gasteiger partial charge in [0.2, 0.25) is 0 Å². The number of carbonyl (C=O) groups excluding carboxylic acids is 2. The summed E-state index contributed by atoms with van der Waals surface area (Å²) in [6, 6.07) is 0. The highest BCUT2D eigenvalue weighted by molar-refractivity contribution is 6.74. The lowest BCUT2D eigenvalue weighted by molar-refractivity contribution is -0.162. The summed E-state index contributed by atoms with van der Waals surface area (Å²) >= 11 is 0. The third kappa shape index (κ3) is 7.54. The van der Waals surface area contributed by atoms with E-state index in [-0.39, 0.29) is 28.3 Å². The highest BCUT2D eigenvalue weighted by atomic mass is 28.4. The summed E-state index contributed by atoms with van der Waals surface area (Å²) in [4.78, 5) is 24.0. The Bertz CT molecular complexity index is 645. The molecule has 1 aliphatic carbocycles. The maximum absolute atomic E-state index is 12.0. The number of rotatable bonds is 6. The molecule has 0 aromatic carbocycles. The molecule has 0 amide bonds. The Hall–Kier alpha value is -0.966. The van der Waals surface area contributed by atoms with Gasteiger partial charge in [0, 0.05) is 13.0 Å². The predicted octanol–water partition coefficient (Wildman–Crippen LogP) is 5.59. The van der Waals surface area contributed by atoms with Gasteiger partial charge in [-0.3, -0.25) is 4.79 Å². The van der Waals surface area contributed by atoms with Crippen molar-refractivity contribution in [3.63, 3.8) is 0 Å². The Morgan fingerprint density at radius 2 is 1.26 bits per heavy atom. The van der Waals surface area contributed by atoms with Crippen LogP contribution in [-0.4, -0.2) is 54.0 Å². The van der Waals surface area contributed by atoms with E-state index in [9.17, 15) is 9.59 Å². The molecule has 1 rings (SSSR count). The van der Waals surface area contributed by atoms with E-state index in [1.807, 2.05) is 0 Å². The molecule has 0 heterocycles. The lowest BCUT2D eigenvalue weighted by atomic mass is 9.87. The molecule has 0 unspecified atom stereocenters. The molecule has 0 bridgehead atoms. The van der Waals surface area contributed by atoms with Gasteiger partial charge in [0.1, 0.15) is 0 Å². The van der Waals surface area contributed by atoms with Crippen LogP contribution < -0.4 is 0 Å². The zero-order chi connectivity index (χ0) is 24.4. The van der Waals surface area contributed by atoms with Crippen LogP contribution in [0.1, 0.15) is 61.3 Å². The molecule has 0 spiro atoms. The van der Waals surface area contributed by atoms with Crippen molar-refractivity contribution in [1.29, 1.82) is 0 Å². The summed E-state index contributed by atoms with van der Waals surface area (Å²) < 4.78 is 24.2. The molecular weight excluding hydrogens is 428 g/mol. The van der Waals surface area contributed by atoms with E-state index in [1.54, 1.807) is 0 Å². The number of ether oxygens (including phenoxy) is 2. The number of hydrogen-bond acceptors (Lipinski definition) is 6. The molecule has 1 aliphatic rings. The van der Waals surface area contributed by atoms with Crippen LogP contribution in [0.3, 0.4) is 0 Å². The second-order valence-electron chi connectivity index (χ2n) is 11.6. The smallest absolute Gasteiger partial charge is 0.330 e. The van der Waals surface area contributed by atoms with Crippen molar-refractivity contribution >= 4 is 28.6 Å². The fraction of sp³-hybridized carbons (Fsp3) is 0.826. The lowest BCUT2D eigenvalue weighted by Crippen LogP contribution is -2.56. The van der Waals surface area contributed by atoms with Gasteiger partial charge < -0.3 is 18.3 Å². The van der Waals surface area contributed by atoms with Crippen molar-refractivity contribution in [3.8, 4) is 0 Å². The van der Waals surface area contributed by atoms with Crippen molar-refractivity contribution in [2.75, 3.05) is 7.11 Å². The summed E-state index contributed by atoms with van der Waals surface area (Å²) in [7, 11) is -2.96. The third-order valence-corrected chi connectivity index (χ3v) is 16.0. The zero-order valence-corrected chi connectivity index (χ0v) is 23.7. The standard InChI is InChI=1S/C23H44O6Si2/c1-16(24)27-21-18(28-30(9,10)22(2,3)4)13-17(15-20(25)26-8)14-19(21)29-31(11,12)23(5,6)7/h15,18-19,21H,13-14H2,1-12H3/t18-,19-,21?/m1/s1. The van der Waals surface area contributed by atoms with Gasteiger partial charge >= 0.3 is 11.9 Å². The minimum atomic E-state index is -2.17. The van der Waals surface area contributed by atoms with Gasteiger partial charge in [0.15, 0.2) is 22.7 Å². The van der Waals surface area contributed by atoms with E-state index in [0.717, 1.165) is 5.57 Å². The fourth-order valence-electron chi connectivity index (χ4n) is 3.09. The molecule has 180 valence electrons. The van der Waals surface area contributed by atoms with Crippen molar-refractivity contribution < 1.29 is 27.9 Å². The minimum Gasteiger partial charge on any atom is -0.466 e. The molecular formula is C23H44O6Si2. The second-order valence-corrected chi connectivity index (χ2v) is 21.2. The molecule has 31 heavy (non-hydrogen) atoms. The van der Waals surface area contributed by atoms with Gasteiger partial charge in [-0.1, -0.05) is 47.1 Å². The number of carbonyl (C=O) groups is 2. The Kier molecular flexibility index (Phi) is 8.95. The van der Waals surface area contributed by atoms with Crippen LogP contribution in [0.5, 0.6) is 0 Å². The Labute approximate surface area is 191 Å². The fourth-order valence-corrected chi connectivity index (χ4v) is 5.74. The SMILES string of the molecule is COC(=O)C=C1C[C@@H](O[Si](C)(C)C(C)(C)C)C(OC(C)=O)[C@H](O[Si](C)(C)C(C)(C)C)C1. The summed E-state index contributed by atoms with van der Waals surface area (Å²) in [5.74, 6) is -0.740. The van der Waals surface area contributed by atoms with Crippen molar-refractivity contribution in [2.45, 2.75) is 116 Å². The summed E-state index contributed by atoms with van der Waals surface area (Å²) in [6.45, 7) is 23.2. The molecule has 6 nitrogen and oxygen atoms in total. The van der Waals surface area contributed by atoms with E-state index in [2.05, 4.69) is 67.7 Å². The van der Waals surface area contributed by atoms with E-state index in [0.29, 0.717) is 12.8 Å². The molecule has 0 N–H and O–H groups in total. The highest BCUT2D eigenvalue weighted by Gasteiger charge is 2.49. The number of methoxy groups -OCH3 is 1. The monoisotopic (exact) mass is 472 g/mol. The first-order valence-corrected chi connectivity index (χ1v) is 16.9. The summed E-state index contributed by atoms with van der Waals surface area (Å²) in [6.07, 6.45) is 1.30. The summed E-state index contributed by atoms with van der Waals surface area (Å²) in [5, 5.41) is -0.0134. The predicted molar refractivity (Wildman–Crippen MR) is 129 cm³/mol. The summed E-state index contributed by atoms with van der Waals surface area (Å²) in [5.41, 5.74) is 0.905. The Morgan fingerprint density at radius 1 is 0.871 bits per heavy atom. The number of esters is 2. The van der Waals surface area contributed by atoms with Crippen LogP contribution >= 0.6 is 0 Å². The van der Waals surface area contributed by atoms with Gasteiger partial charge in [0.25, 0.3) is 0 Å². The molecule has 0 aromatic heterocycles. The molecule has 0 aromatic rings. The molecule has 0 radical (unpaired) electrons. The number of hydrogen-bond donors (Lipinski definition) is 0. The van der Waals surface area contributed by atoms with Crippen molar-refractivity contribution in [3.05, 3.63) is 11.6 Å². The second kappa shape index (κ2) is 9.89. The van der Waals surface area contributed by atoms with Crippen LogP contribution in [0.4, 0.5) is 0 Å². The minimum absolute atomic E-state index is 0.00671. The zero-order valence-electron chi connectivity index (χ0n) is 21.7. The first-order valence-electron chi connectivity index (χ1n) is 11.1. The molecule has 0 aliphatic heterocycles. The normalized spacial score (nSPS) is 23.4. The third-order valence-electron chi connectivity index (χ3n) is 6.99. The van der Waals surface area contributed by atoms with Gasteiger partial charge in [-0.25, -0.2) is 4.79 Å². The lowest BCUT2D eigenvalue weighted by Gasteiger charge is -2.48. The van der Waals surface area contributed by atoms with Gasteiger partial charge in [-0.05, 0) is 49.1 Å². The van der Waals surface area contributed by atoms with E-state index >= 15 is 0 Å². The van der Waals surface area contributed by atoms with Crippen LogP contribution in [0, 0.1) is 0 Å². The molecule has 8 heteroatoms. The molecule has 1 saturated carbocycles. The van der Waals surface area contributed by atoms with Gasteiger partial charge in [-0.15, -0.1) is 0 Å². The van der Waals surface area contributed by atoms with Crippen molar-refractivity contribution in [2.24, 2.45) is 0 Å². The van der Waals surface area contributed by atoms with Crippen LogP contribution in [0.15, 0.2) is 11.6 Å². The Balaban J connectivity index is 3.43. The van der Waals surface area contributed by atoms with Crippen molar-refractivity contribution in [1.82, 2.24) is 0 Å². The van der Waals surface area contributed by atoms with E-state index in [1.165, 1.54) is 20.1 Å². The molecule has 1 fully saturated rings. The molecule has 0 saturated heterocycles. The average molecular weight is 473 g/mol. The maximum atomic E-state index is 12.0. The van der Waals surface area contributed by atoms with Gasteiger partial charge in [0.05, 0.1) is 19.3 Å². The average Bonchev–Trinajstić information content (AvgIpc) is 2.54. The topological polar surface area (TPSA) is 71.1 Å². The quantitative estimate of drug-likeness (QED) is 0.285. The van der Waals surface area contributed by atoms with Gasteiger partial charge in [-0.2, -0.15) is 0 Å². The highest BCUT2D eigenvalue weighted by Crippen LogP contribution is 2.43. The van der Waals surface area contributed by atoms with E-state index < -0.39 is 28.7 Å². The molecule has 2 atom stereocenters. The first kappa shape index (κ1) is 28.1.